The Bertz CT molecular complexity index is 1020. The maximum absolute atomic E-state index is 12.6. The van der Waals surface area contributed by atoms with Crippen LogP contribution in [0.2, 0.25) is 0 Å². The second-order valence-corrected chi connectivity index (χ2v) is 6.90. The summed E-state index contributed by atoms with van der Waals surface area (Å²) in [5.41, 5.74) is 6.55. The van der Waals surface area contributed by atoms with Crippen LogP contribution < -0.4 is 11.4 Å². The highest BCUT2D eigenvalue weighted by Gasteiger charge is 2.18. The molecule has 0 fully saturated rings. The van der Waals surface area contributed by atoms with Crippen LogP contribution >= 0.6 is 0 Å². The highest BCUT2D eigenvalue weighted by Crippen LogP contribution is 2.25. The first-order chi connectivity index (χ1) is 10.4. The molecule has 0 aliphatic carbocycles. The number of hydrogen-bond donors (Lipinski definition) is 2. The first kappa shape index (κ1) is 14.3. The number of H-pyrrole nitrogens is 1. The molecule has 0 aliphatic rings. The van der Waals surface area contributed by atoms with Crippen molar-refractivity contribution < 1.29 is 8.42 Å². The first-order valence-electron chi connectivity index (χ1n) is 6.49. The molecule has 6 nitrogen and oxygen atoms in total. The SMILES string of the molecule is Cc1ccc(S(=O)(=O)c2ccc3[nH]c(=O)nc(N)c3c2)cc1. The normalized spacial score (nSPS) is 11.7. The molecule has 0 amide bonds. The van der Waals surface area contributed by atoms with E-state index < -0.39 is 15.5 Å². The molecule has 112 valence electrons. The van der Waals surface area contributed by atoms with E-state index in [0.29, 0.717) is 10.9 Å². The van der Waals surface area contributed by atoms with E-state index in [0.717, 1.165) is 5.56 Å². The van der Waals surface area contributed by atoms with Gasteiger partial charge in [0.1, 0.15) is 5.82 Å². The van der Waals surface area contributed by atoms with Crippen molar-refractivity contribution in [1.82, 2.24) is 9.97 Å². The maximum Gasteiger partial charge on any atom is 0.347 e. The molecule has 0 bridgehead atoms. The van der Waals surface area contributed by atoms with Gasteiger partial charge in [0, 0.05) is 5.39 Å². The van der Waals surface area contributed by atoms with Crippen molar-refractivity contribution in [2.45, 2.75) is 16.7 Å². The van der Waals surface area contributed by atoms with Gasteiger partial charge in [-0.15, -0.1) is 0 Å². The Labute approximate surface area is 126 Å². The molecule has 0 radical (unpaired) electrons. The molecule has 1 heterocycles. The fraction of sp³-hybridized carbons (Fsp3) is 0.0667. The minimum atomic E-state index is -3.65. The Morgan fingerprint density at radius 3 is 2.36 bits per heavy atom. The number of anilines is 1. The molecular weight excluding hydrogens is 302 g/mol. The summed E-state index contributed by atoms with van der Waals surface area (Å²) >= 11 is 0. The number of nitrogens with zero attached hydrogens (tertiary/aromatic N) is 1. The fourth-order valence-electron chi connectivity index (χ4n) is 2.18. The summed E-state index contributed by atoms with van der Waals surface area (Å²) in [6.07, 6.45) is 0. The van der Waals surface area contributed by atoms with Crippen LogP contribution in [-0.4, -0.2) is 18.4 Å². The number of aryl methyl sites for hydroxylation is 1. The average Bonchev–Trinajstić information content (AvgIpc) is 2.47. The number of aromatic amines is 1. The molecule has 0 atom stereocenters. The summed E-state index contributed by atoms with van der Waals surface area (Å²) in [5.74, 6) is -0.000272. The van der Waals surface area contributed by atoms with Crippen molar-refractivity contribution in [3.05, 3.63) is 58.5 Å². The Kier molecular flexibility index (Phi) is 3.22. The standard InChI is InChI=1S/C15H13N3O3S/c1-9-2-4-10(5-3-9)22(20,21)11-6-7-13-12(8-11)14(16)18-15(19)17-13/h2-8H,1H3,(H3,16,17,18,19). The Balaban J connectivity index is 2.21. The molecule has 0 saturated heterocycles. The summed E-state index contributed by atoms with van der Waals surface area (Å²) in [5, 5.41) is 0.396. The van der Waals surface area contributed by atoms with E-state index >= 15 is 0 Å². The lowest BCUT2D eigenvalue weighted by Crippen LogP contribution is -2.13. The van der Waals surface area contributed by atoms with E-state index in [1.54, 1.807) is 24.3 Å². The van der Waals surface area contributed by atoms with Gasteiger partial charge in [-0.2, -0.15) is 4.98 Å². The monoisotopic (exact) mass is 315 g/mol. The van der Waals surface area contributed by atoms with Crippen molar-refractivity contribution in [1.29, 1.82) is 0 Å². The van der Waals surface area contributed by atoms with Gasteiger partial charge in [0.2, 0.25) is 9.84 Å². The molecule has 3 aromatic rings. The van der Waals surface area contributed by atoms with E-state index in [1.807, 2.05) is 6.92 Å². The number of nitrogen functional groups attached to an aromatic ring is 1. The number of nitrogens with two attached hydrogens (primary N) is 1. The third-order valence-electron chi connectivity index (χ3n) is 3.37. The van der Waals surface area contributed by atoms with Crippen molar-refractivity contribution in [2.24, 2.45) is 0 Å². The van der Waals surface area contributed by atoms with Crippen molar-refractivity contribution in [3.8, 4) is 0 Å². The van der Waals surface area contributed by atoms with Crippen LogP contribution in [0.4, 0.5) is 5.82 Å². The second kappa shape index (κ2) is 4.96. The number of benzene rings is 2. The Morgan fingerprint density at radius 1 is 1.05 bits per heavy atom. The summed E-state index contributed by atoms with van der Waals surface area (Å²) in [6.45, 7) is 1.88. The van der Waals surface area contributed by atoms with Crippen LogP contribution in [0.3, 0.4) is 0 Å². The second-order valence-electron chi connectivity index (χ2n) is 4.95. The number of nitrogens with one attached hydrogen (secondary N) is 1. The van der Waals surface area contributed by atoms with Gasteiger partial charge in [-0.05, 0) is 37.3 Å². The molecule has 22 heavy (non-hydrogen) atoms. The lowest BCUT2D eigenvalue weighted by atomic mass is 10.2. The number of rotatable bonds is 2. The highest BCUT2D eigenvalue weighted by atomic mass is 32.2. The largest absolute Gasteiger partial charge is 0.383 e. The van der Waals surface area contributed by atoms with Gasteiger partial charge in [-0.25, -0.2) is 13.2 Å². The van der Waals surface area contributed by atoms with Crippen LogP contribution in [0, 0.1) is 6.92 Å². The molecule has 2 aromatic carbocycles. The predicted octanol–water partition coefficient (Wildman–Crippen LogP) is 1.65. The zero-order valence-corrected chi connectivity index (χ0v) is 12.5. The van der Waals surface area contributed by atoms with E-state index in [4.69, 9.17) is 5.73 Å². The fourth-order valence-corrected chi connectivity index (χ4v) is 3.46. The van der Waals surface area contributed by atoms with Gasteiger partial charge in [0.15, 0.2) is 0 Å². The number of hydrogen-bond acceptors (Lipinski definition) is 5. The average molecular weight is 315 g/mol. The minimum Gasteiger partial charge on any atom is -0.383 e. The van der Waals surface area contributed by atoms with Gasteiger partial charge in [0.25, 0.3) is 0 Å². The zero-order chi connectivity index (χ0) is 15.9. The van der Waals surface area contributed by atoms with Gasteiger partial charge >= 0.3 is 5.69 Å². The van der Waals surface area contributed by atoms with Crippen LogP contribution in [0.5, 0.6) is 0 Å². The first-order valence-corrected chi connectivity index (χ1v) is 7.97. The molecular formula is C15H13N3O3S. The molecule has 0 spiro atoms. The third kappa shape index (κ3) is 2.35. The van der Waals surface area contributed by atoms with Crippen LogP contribution in [0.15, 0.2) is 57.1 Å². The quantitative estimate of drug-likeness (QED) is 0.748. The Hall–Kier alpha value is -2.67. The summed E-state index contributed by atoms with van der Waals surface area (Å²) < 4.78 is 25.3. The lowest BCUT2D eigenvalue weighted by molar-refractivity contribution is 0.596. The zero-order valence-electron chi connectivity index (χ0n) is 11.7. The lowest BCUT2D eigenvalue weighted by Gasteiger charge is -2.07. The molecule has 3 rings (SSSR count). The summed E-state index contributed by atoms with van der Waals surface area (Å²) in [6, 6.07) is 11.0. The number of aromatic nitrogens is 2. The number of sulfone groups is 1. The summed E-state index contributed by atoms with van der Waals surface area (Å²) in [7, 11) is -3.65. The van der Waals surface area contributed by atoms with Crippen LogP contribution in [-0.2, 0) is 9.84 Å². The van der Waals surface area contributed by atoms with Gasteiger partial charge in [-0.3, -0.25) is 0 Å². The topological polar surface area (TPSA) is 106 Å². The van der Waals surface area contributed by atoms with E-state index in [-0.39, 0.29) is 15.6 Å². The minimum absolute atomic E-state index is 0.000272. The van der Waals surface area contributed by atoms with Crippen molar-refractivity contribution >= 4 is 26.6 Å². The molecule has 7 heteroatoms. The summed E-state index contributed by atoms with van der Waals surface area (Å²) in [4.78, 5) is 17.7. The van der Waals surface area contributed by atoms with Gasteiger partial charge in [0.05, 0.1) is 15.3 Å². The molecule has 0 aliphatic heterocycles. The molecule has 1 aromatic heterocycles. The van der Waals surface area contributed by atoms with E-state index in [1.165, 1.54) is 18.2 Å². The molecule has 3 N–H and O–H groups in total. The highest BCUT2D eigenvalue weighted by molar-refractivity contribution is 7.91. The van der Waals surface area contributed by atoms with E-state index in [2.05, 4.69) is 9.97 Å². The van der Waals surface area contributed by atoms with Crippen molar-refractivity contribution in [3.63, 3.8) is 0 Å². The van der Waals surface area contributed by atoms with Gasteiger partial charge in [-0.1, -0.05) is 17.7 Å². The smallest absolute Gasteiger partial charge is 0.347 e. The van der Waals surface area contributed by atoms with Crippen molar-refractivity contribution in [2.75, 3.05) is 5.73 Å². The third-order valence-corrected chi connectivity index (χ3v) is 5.14. The maximum atomic E-state index is 12.6. The predicted molar refractivity (Wildman–Crippen MR) is 83.4 cm³/mol. The van der Waals surface area contributed by atoms with E-state index in [9.17, 15) is 13.2 Å². The van der Waals surface area contributed by atoms with Crippen LogP contribution in [0.25, 0.3) is 10.9 Å². The molecule has 0 unspecified atom stereocenters. The van der Waals surface area contributed by atoms with Gasteiger partial charge < -0.3 is 10.7 Å². The number of fused-ring (bicyclic) bond motifs is 1. The molecule has 0 saturated carbocycles. The Morgan fingerprint density at radius 2 is 1.68 bits per heavy atom. The van der Waals surface area contributed by atoms with Crippen LogP contribution in [0.1, 0.15) is 5.56 Å².